The molecule has 0 aliphatic carbocycles. The molecule has 0 N–H and O–H groups in total. The molecule has 5 heteroatoms. The molecule has 0 aromatic carbocycles. The molecule has 0 heterocycles. The maximum atomic E-state index is 12.3. The van der Waals surface area contributed by atoms with Crippen LogP contribution in [-0.4, -0.2) is 60.0 Å². The van der Waals surface area contributed by atoms with Gasteiger partial charge in [0.25, 0.3) is 0 Å². The molecular formula is C20H38N2O3. The van der Waals surface area contributed by atoms with E-state index in [0.717, 1.165) is 26.2 Å². The highest BCUT2D eigenvalue weighted by Crippen LogP contribution is 2.10. The van der Waals surface area contributed by atoms with Crippen LogP contribution in [0, 0.1) is 0 Å². The highest BCUT2D eigenvalue weighted by Gasteiger charge is 2.30. The van der Waals surface area contributed by atoms with Gasteiger partial charge in [0.05, 0.1) is 0 Å². The number of esters is 2. The summed E-state index contributed by atoms with van der Waals surface area (Å²) in [4.78, 5) is 28.6. The Hall–Kier alpha value is -1.46. The summed E-state index contributed by atoms with van der Waals surface area (Å²) < 4.78 is 5.16. The number of rotatable bonds is 11. The predicted octanol–water partition coefficient (Wildman–Crippen LogP) is 3.66. The van der Waals surface area contributed by atoms with Crippen LogP contribution in [0.1, 0.15) is 54.4 Å². The molecule has 25 heavy (non-hydrogen) atoms. The van der Waals surface area contributed by atoms with E-state index in [1.54, 1.807) is 12.2 Å². The second-order valence-electron chi connectivity index (χ2n) is 5.50. The Morgan fingerprint density at radius 3 is 1.20 bits per heavy atom. The fourth-order valence-electron chi connectivity index (χ4n) is 2.71. The summed E-state index contributed by atoms with van der Waals surface area (Å²) >= 11 is 0. The zero-order valence-corrected chi connectivity index (χ0v) is 17.1. The van der Waals surface area contributed by atoms with Crippen LogP contribution in [-0.2, 0) is 14.3 Å². The van der Waals surface area contributed by atoms with Crippen molar-refractivity contribution in [1.82, 2.24) is 9.80 Å². The molecular weight excluding hydrogens is 316 g/mol. The Labute approximate surface area is 154 Å². The zero-order chi connectivity index (χ0) is 19.8. The van der Waals surface area contributed by atoms with E-state index in [1.165, 1.54) is 0 Å². The number of likely N-dealkylation sites (N-methyl/N-ethyl adjacent to an activating group) is 2. The van der Waals surface area contributed by atoms with Gasteiger partial charge in [-0.3, -0.25) is 9.80 Å². The maximum Gasteiger partial charge on any atom is 0.331 e. The van der Waals surface area contributed by atoms with E-state index in [1.807, 2.05) is 51.3 Å². The van der Waals surface area contributed by atoms with Crippen LogP contribution in [0.25, 0.3) is 0 Å². The fourth-order valence-corrected chi connectivity index (χ4v) is 2.71. The first-order valence-electron chi connectivity index (χ1n) is 9.38. The van der Waals surface area contributed by atoms with E-state index in [4.69, 9.17) is 4.74 Å². The van der Waals surface area contributed by atoms with Gasteiger partial charge in [0.2, 0.25) is 0 Å². The van der Waals surface area contributed by atoms with Gasteiger partial charge in [0, 0.05) is 0 Å². The summed E-state index contributed by atoms with van der Waals surface area (Å²) in [6.07, 6.45) is 4.58. The third-order valence-electron chi connectivity index (χ3n) is 4.19. The molecule has 0 rings (SSSR count). The smallest absolute Gasteiger partial charge is 0.331 e. The molecule has 0 aliphatic rings. The average Bonchev–Trinajstić information content (AvgIpc) is 2.63. The number of allylic oxidation sites excluding steroid dienone is 2. The highest BCUT2D eigenvalue weighted by molar-refractivity contribution is 5.90. The van der Waals surface area contributed by atoms with E-state index < -0.39 is 11.9 Å². The van der Waals surface area contributed by atoms with Crippen molar-refractivity contribution < 1.29 is 14.3 Å². The molecule has 0 aromatic heterocycles. The van der Waals surface area contributed by atoms with Gasteiger partial charge in [-0.2, -0.15) is 0 Å². The number of carbonyl (C=O) groups is 2. The Balaban J connectivity index is 0. The molecule has 2 unspecified atom stereocenters. The Morgan fingerprint density at radius 2 is 1.04 bits per heavy atom. The normalized spacial score (nSPS) is 12.8. The number of hydrogen-bond donors (Lipinski definition) is 0. The molecule has 146 valence electrons. The summed E-state index contributed by atoms with van der Waals surface area (Å²) in [6, 6.07) is -0.670. The zero-order valence-electron chi connectivity index (χ0n) is 17.1. The first kappa shape index (κ1) is 25.8. The molecule has 0 aliphatic heterocycles. The lowest BCUT2D eigenvalue weighted by Gasteiger charge is -2.29. The van der Waals surface area contributed by atoms with Gasteiger partial charge in [0.15, 0.2) is 0 Å². The van der Waals surface area contributed by atoms with E-state index in [0.29, 0.717) is 12.8 Å². The van der Waals surface area contributed by atoms with Crippen LogP contribution >= 0.6 is 0 Å². The van der Waals surface area contributed by atoms with Crippen molar-refractivity contribution in [3.8, 4) is 0 Å². The van der Waals surface area contributed by atoms with Crippen LogP contribution in [0.3, 0.4) is 0 Å². The molecule has 0 aromatic rings. The van der Waals surface area contributed by atoms with Crippen molar-refractivity contribution in [1.29, 1.82) is 0 Å². The maximum absolute atomic E-state index is 12.3. The molecule has 0 bridgehead atoms. The van der Waals surface area contributed by atoms with Crippen LogP contribution in [0.2, 0.25) is 0 Å². The van der Waals surface area contributed by atoms with Crippen LogP contribution in [0.15, 0.2) is 25.3 Å². The number of ether oxygens (including phenoxy) is 1. The Bertz CT molecular complexity index is 352. The lowest BCUT2D eigenvalue weighted by molar-refractivity contribution is -0.167. The third kappa shape index (κ3) is 9.56. The van der Waals surface area contributed by atoms with E-state index in [-0.39, 0.29) is 12.1 Å². The summed E-state index contributed by atoms with van der Waals surface area (Å²) in [5.74, 6) is -0.839. The number of carbonyl (C=O) groups excluding carboxylic acids is 2. The second kappa shape index (κ2) is 16.0. The highest BCUT2D eigenvalue weighted by atomic mass is 16.6. The van der Waals surface area contributed by atoms with Crippen molar-refractivity contribution in [2.45, 2.75) is 66.5 Å². The lowest BCUT2D eigenvalue weighted by atomic mass is 10.1. The summed E-state index contributed by atoms with van der Waals surface area (Å²) in [7, 11) is 0. The predicted molar refractivity (Wildman–Crippen MR) is 105 cm³/mol. The fraction of sp³-hybridized carbons (Fsp3) is 0.700. The van der Waals surface area contributed by atoms with E-state index >= 15 is 0 Å². The van der Waals surface area contributed by atoms with E-state index in [9.17, 15) is 9.59 Å². The Kier molecular flexibility index (Phi) is 16.5. The van der Waals surface area contributed by atoms with Crippen molar-refractivity contribution in [3.63, 3.8) is 0 Å². The second-order valence-corrected chi connectivity index (χ2v) is 5.50. The van der Waals surface area contributed by atoms with Gasteiger partial charge >= 0.3 is 11.9 Å². The molecule has 0 saturated heterocycles. The molecule has 0 spiro atoms. The minimum atomic E-state index is -0.420. The minimum Gasteiger partial charge on any atom is -0.391 e. The standard InChI is InChI=1S/C16H32N2O3.C4H6/c1-7-13(17(9-3)10-4)15(19)21-16(20)14(8-2)18(11-5)12-6;1-3-4-2/h13-14H,7-12H2,1-6H3;3-4H,1-2H2. The molecule has 0 saturated carbocycles. The monoisotopic (exact) mass is 354 g/mol. The van der Waals surface area contributed by atoms with E-state index in [2.05, 4.69) is 13.2 Å². The van der Waals surface area contributed by atoms with Gasteiger partial charge in [-0.25, -0.2) is 9.59 Å². The summed E-state index contributed by atoms with van der Waals surface area (Å²) in [6.45, 7) is 21.7. The van der Waals surface area contributed by atoms with Crippen molar-refractivity contribution in [2.24, 2.45) is 0 Å². The SMILES string of the molecule is C=CC=C.CCC(C(=O)OC(=O)C(CC)N(CC)CC)N(CC)CC. The van der Waals surface area contributed by atoms with Crippen LogP contribution in [0.5, 0.6) is 0 Å². The summed E-state index contributed by atoms with van der Waals surface area (Å²) in [5.41, 5.74) is 0. The number of hydrogen-bond acceptors (Lipinski definition) is 5. The van der Waals surface area contributed by atoms with Crippen molar-refractivity contribution in [2.75, 3.05) is 26.2 Å². The van der Waals surface area contributed by atoms with Gasteiger partial charge in [-0.05, 0) is 39.0 Å². The van der Waals surface area contributed by atoms with Gasteiger partial charge in [-0.1, -0.05) is 66.9 Å². The Morgan fingerprint density at radius 1 is 0.760 bits per heavy atom. The topological polar surface area (TPSA) is 49.9 Å². The van der Waals surface area contributed by atoms with Crippen molar-refractivity contribution in [3.05, 3.63) is 25.3 Å². The molecule has 5 nitrogen and oxygen atoms in total. The van der Waals surface area contributed by atoms with Crippen molar-refractivity contribution >= 4 is 11.9 Å². The third-order valence-corrected chi connectivity index (χ3v) is 4.19. The quantitative estimate of drug-likeness (QED) is 0.322. The van der Waals surface area contributed by atoms with Gasteiger partial charge < -0.3 is 4.74 Å². The average molecular weight is 355 g/mol. The molecule has 0 amide bonds. The molecule has 0 fully saturated rings. The van der Waals surface area contributed by atoms with Gasteiger partial charge in [-0.15, -0.1) is 0 Å². The largest absolute Gasteiger partial charge is 0.391 e. The molecule has 2 atom stereocenters. The summed E-state index contributed by atoms with van der Waals surface area (Å²) in [5, 5.41) is 0. The first-order chi connectivity index (χ1) is 11.9. The minimum absolute atomic E-state index is 0.335. The molecule has 0 radical (unpaired) electrons. The lowest BCUT2D eigenvalue weighted by Crippen LogP contribution is -2.46. The van der Waals surface area contributed by atoms with Crippen LogP contribution in [0.4, 0.5) is 0 Å². The van der Waals surface area contributed by atoms with Gasteiger partial charge in [0.1, 0.15) is 12.1 Å². The van der Waals surface area contributed by atoms with Crippen LogP contribution < -0.4 is 0 Å². The first-order valence-corrected chi connectivity index (χ1v) is 9.38. The number of nitrogens with zero attached hydrogens (tertiary/aromatic N) is 2.